The van der Waals surface area contributed by atoms with Crippen LogP contribution in [0.2, 0.25) is 0 Å². The van der Waals surface area contributed by atoms with Crippen molar-refractivity contribution in [1.29, 1.82) is 0 Å². The Morgan fingerprint density at radius 1 is 1.07 bits per heavy atom. The Hall–Kier alpha value is -4.43. The van der Waals surface area contributed by atoms with Gasteiger partial charge in [0.05, 0.1) is 28.6 Å². The summed E-state index contributed by atoms with van der Waals surface area (Å²) < 4.78 is 1.89. The maximum atomic E-state index is 13.6. The second-order valence-electron chi connectivity index (χ2n) is 13.0. The molecule has 0 bridgehead atoms. The number of aryl methyl sites for hydroxylation is 2. The van der Waals surface area contributed by atoms with Crippen LogP contribution >= 0.6 is 0 Å². The number of H-pyrrole nitrogens is 1. The van der Waals surface area contributed by atoms with Crippen molar-refractivity contribution >= 4 is 29.2 Å². The van der Waals surface area contributed by atoms with E-state index in [0.29, 0.717) is 11.1 Å². The van der Waals surface area contributed by atoms with Crippen molar-refractivity contribution in [2.75, 3.05) is 25.0 Å². The molecule has 6 rings (SSSR count). The molecule has 2 amide bonds. The molecule has 0 atom stereocenters. The molecule has 1 aliphatic carbocycles. The SMILES string of the molecule is CCCCc1ccc(-n2cc(-c3ccc4c(c3)/C(=C/c3[nH]c(C)c(C(=O)NC5(CN(CC)CCC)CC5)c3C)C(=O)N4)cn2)cc1. The Morgan fingerprint density at radius 3 is 2.54 bits per heavy atom. The average Bonchev–Trinajstić information content (AvgIpc) is 3.34. The van der Waals surface area contributed by atoms with Crippen LogP contribution in [0.4, 0.5) is 5.69 Å². The molecule has 8 heteroatoms. The molecular weight excluding hydrogens is 572 g/mol. The number of carbonyl (C=O) groups is 2. The Morgan fingerprint density at radius 2 is 1.85 bits per heavy atom. The molecule has 4 aromatic rings. The van der Waals surface area contributed by atoms with E-state index in [-0.39, 0.29) is 17.4 Å². The van der Waals surface area contributed by atoms with Crippen LogP contribution < -0.4 is 10.6 Å². The fourth-order valence-electron chi connectivity index (χ4n) is 6.59. The van der Waals surface area contributed by atoms with Crippen molar-refractivity contribution in [1.82, 2.24) is 25.0 Å². The Kier molecular flexibility index (Phi) is 9.00. The van der Waals surface area contributed by atoms with Gasteiger partial charge in [0.2, 0.25) is 0 Å². The number of rotatable bonds is 13. The van der Waals surface area contributed by atoms with Crippen LogP contribution in [0.15, 0.2) is 54.9 Å². The van der Waals surface area contributed by atoms with E-state index in [1.165, 1.54) is 18.4 Å². The van der Waals surface area contributed by atoms with Crippen molar-refractivity contribution in [3.05, 3.63) is 88.5 Å². The summed E-state index contributed by atoms with van der Waals surface area (Å²) in [5.41, 5.74) is 9.41. The molecule has 1 saturated carbocycles. The van der Waals surface area contributed by atoms with E-state index in [4.69, 9.17) is 0 Å². The Balaban J connectivity index is 1.23. The van der Waals surface area contributed by atoms with Gasteiger partial charge in [0.15, 0.2) is 0 Å². The molecule has 1 aliphatic heterocycles. The molecule has 2 aromatic heterocycles. The summed E-state index contributed by atoms with van der Waals surface area (Å²) in [7, 11) is 0. The van der Waals surface area contributed by atoms with Crippen molar-refractivity contribution in [2.24, 2.45) is 0 Å². The predicted molar refractivity (Wildman–Crippen MR) is 186 cm³/mol. The number of aromatic nitrogens is 3. The van der Waals surface area contributed by atoms with Crippen molar-refractivity contribution in [2.45, 2.75) is 78.7 Å². The van der Waals surface area contributed by atoms with Gasteiger partial charge < -0.3 is 20.5 Å². The lowest BCUT2D eigenvalue weighted by Crippen LogP contribution is -2.46. The van der Waals surface area contributed by atoms with Crippen molar-refractivity contribution < 1.29 is 9.59 Å². The zero-order chi connectivity index (χ0) is 32.4. The molecule has 0 saturated heterocycles. The minimum Gasteiger partial charge on any atom is -0.358 e. The largest absolute Gasteiger partial charge is 0.358 e. The molecule has 0 unspecified atom stereocenters. The first kappa shape index (κ1) is 31.5. The number of carbonyl (C=O) groups excluding carboxylic acids is 2. The summed E-state index contributed by atoms with van der Waals surface area (Å²) in [6, 6.07) is 14.6. The van der Waals surface area contributed by atoms with Gasteiger partial charge in [0.1, 0.15) is 0 Å². The van der Waals surface area contributed by atoms with E-state index >= 15 is 0 Å². The van der Waals surface area contributed by atoms with Crippen LogP contribution in [0.3, 0.4) is 0 Å². The van der Waals surface area contributed by atoms with E-state index in [1.807, 2.05) is 55.2 Å². The second kappa shape index (κ2) is 13.1. The monoisotopic (exact) mass is 618 g/mol. The molecule has 240 valence electrons. The fourth-order valence-corrected chi connectivity index (χ4v) is 6.59. The maximum Gasteiger partial charge on any atom is 0.256 e. The number of fused-ring (bicyclic) bond motifs is 1. The van der Waals surface area contributed by atoms with Gasteiger partial charge in [-0.25, -0.2) is 4.68 Å². The fraction of sp³-hybridized carbons (Fsp3) is 0.395. The zero-order valence-corrected chi connectivity index (χ0v) is 27.8. The predicted octanol–water partition coefficient (Wildman–Crippen LogP) is 7.31. The van der Waals surface area contributed by atoms with Crippen molar-refractivity contribution in [3.8, 4) is 16.8 Å². The summed E-state index contributed by atoms with van der Waals surface area (Å²) in [6.45, 7) is 13.4. The third-order valence-corrected chi connectivity index (χ3v) is 9.48. The van der Waals surface area contributed by atoms with Gasteiger partial charge in [-0.2, -0.15) is 5.10 Å². The van der Waals surface area contributed by atoms with E-state index in [0.717, 1.165) is 90.3 Å². The van der Waals surface area contributed by atoms with Crippen LogP contribution in [-0.2, 0) is 11.2 Å². The number of nitrogens with one attached hydrogen (secondary N) is 3. The summed E-state index contributed by atoms with van der Waals surface area (Å²) >= 11 is 0. The number of unbranched alkanes of at least 4 members (excludes halogenated alkanes) is 1. The summed E-state index contributed by atoms with van der Waals surface area (Å²) in [4.78, 5) is 32.6. The molecular formula is C38H46N6O2. The minimum absolute atomic E-state index is 0.0490. The third kappa shape index (κ3) is 6.44. The van der Waals surface area contributed by atoms with Gasteiger partial charge >= 0.3 is 0 Å². The number of amides is 2. The number of aromatic amines is 1. The molecule has 3 heterocycles. The highest BCUT2D eigenvalue weighted by molar-refractivity contribution is 6.35. The zero-order valence-electron chi connectivity index (χ0n) is 27.8. The number of anilines is 1. The van der Waals surface area contributed by atoms with Crippen LogP contribution in [0.1, 0.15) is 91.3 Å². The van der Waals surface area contributed by atoms with Gasteiger partial charge in [-0.05, 0) is 106 Å². The third-order valence-electron chi connectivity index (χ3n) is 9.48. The first-order valence-corrected chi connectivity index (χ1v) is 16.8. The van der Waals surface area contributed by atoms with E-state index in [1.54, 1.807) is 0 Å². The van der Waals surface area contributed by atoms with Gasteiger partial charge in [-0.1, -0.05) is 45.4 Å². The summed E-state index contributed by atoms with van der Waals surface area (Å²) in [5.74, 6) is -0.205. The topological polar surface area (TPSA) is 95.0 Å². The van der Waals surface area contributed by atoms with Gasteiger partial charge in [-0.15, -0.1) is 0 Å². The number of hydrogen-bond donors (Lipinski definition) is 3. The van der Waals surface area contributed by atoms with Gasteiger partial charge in [-0.3, -0.25) is 9.59 Å². The number of likely N-dealkylation sites (N-methyl/N-ethyl adjacent to an activating group) is 1. The number of benzene rings is 2. The molecule has 0 radical (unpaired) electrons. The first-order chi connectivity index (χ1) is 22.2. The molecule has 2 aromatic carbocycles. The lowest BCUT2D eigenvalue weighted by Gasteiger charge is -2.27. The first-order valence-electron chi connectivity index (χ1n) is 16.8. The normalized spacial score (nSPS) is 15.8. The maximum absolute atomic E-state index is 13.6. The second-order valence-corrected chi connectivity index (χ2v) is 13.0. The quantitative estimate of drug-likeness (QED) is 0.137. The van der Waals surface area contributed by atoms with Crippen LogP contribution in [0, 0.1) is 13.8 Å². The summed E-state index contributed by atoms with van der Waals surface area (Å²) in [6.07, 6.45) is 12.3. The lowest BCUT2D eigenvalue weighted by molar-refractivity contribution is -0.110. The van der Waals surface area contributed by atoms with E-state index in [9.17, 15) is 9.59 Å². The molecule has 1 fully saturated rings. The van der Waals surface area contributed by atoms with Gasteiger partial charge in [0.25, 0.3) is 11.8 Å². The Bertz CT molecular complexity index is 1770. The van der Waals surface area contributed by atoms with Crippen molar-refractivity contribution in [3.63, 3.8) is 0 Å². The molecule has 46 heavy (non-hydrogen) atoms. The molecule has 8 nitrogen and oxygen atoms in total. The molecule has 2 aliphatic rings. The lowest BCUT2D eigenvalue weighted by atomic mass is 9.99. The standard InChI is InChI=1S/C38H46N6O2/c1-6-9-10-27-11-14-30(15-12-27)44-23-29(22-39-44)28-13-16-33-31(20-28)32(36(45)41-33)21-34-25(4)35(26(5)40-34)37(46)42-38(17-18-38)24-43(8-3)19-7-2/h11-16,20-23,40H,6-10,17-19,24H2,1-5H3,(H,41,45)(H,42,46)/b32-21-. The highest BCUT2D eigenvalue weighted by atomic mass is 16.2. The van der Waals surface area contributed by atoms with E-state index < -0.39 is 0 Å². The Labute approximate surface area is 272 Å². The number of hydrogen-bond acceptors (Lipinski definition) is 4. The highest BCUT2D eigenvalue weighted by Gasteiger charge is 2.45. The van der Waals surface area contributed by atoms with Gasteiger partial charge in [0, 0.05) is 40.9 Å². The van der Waals surface area contributed by atoms with Crippen LogP contribution in [0.25, 0.3) is 28.5 Å². The smallest absolute Gasteiger partial charge is 0.256 e. The average molecular weight is 619 g/mol. The van der Waals surface area contributed by atoms with Crippen LogP contribution in [0.5, 0.6) is 0 Å². The van der Waals surface area contributed by atoms with Crippen LogP contribution in [-0.4, -0.2) is 56.7 Å². The highest BCUT2D eigenvalue weighted by Crippen LogP contribution is 2.39. The van der Waals surface area contributed by atoms with E-state index in [2.05, 4.69) is 70.7 Å². The molecule has 0 spiro atoms. The molecule has 3 N–H and O–H groups in total. The minimum atomic E-state index is -0.156. The summed E-state index contributed by atoms with van der Waals surface area (Å²) in [5, 5.41) is 11.0. The number of nitrogens with zero attached hydrogens (tertiary/aromatic N) is 3.